The summed E-state index contributed by atoms with van der Waals surface area (Å²) in [6, 6.07) is 0. The maximum atomic E-state index is 14.1. The number of hydrogen-bond donors (Lipinski definition) is 0. The molecule has 0 saturated carbocycles. The van der Waals surface area contributed by atoms with Crippen molar-refractivity contribution in [1.29, 1.82) is 0 Å². The molecule has 0 aromatic carbocycles. The number of piperidine rings is 1. The summed E-state index contributed by atoms with van der Waals surface area (Å²) >= 11 is 0. The van der Waals surface area contributed by atoms with Gasteiger partial charge in [0.2, 0.25) is 5.95 Å². The molecule has 0 amide bonds. The number of nitrogens with zero attached hydrogens (tertiary/aromatic N) is 4. The number of ether oxygens (including phenoxy) is 1. The Labute approximate surface area is 142 Å². The standard InChI is InChI=1S/C18H25FN4O/c1-14-4-11-24-18(12-14)5-9-23(10-6-18)17-20-13-15(19)16(21-17)22-7-2-3-8-22/h12-13H,2-11H2,1H3. The Kier molecular flexibility index (Phi) is 4.16. The monoisotopic (exact) mass is 332 g/mol. The van der Waals surface area contributed by atoms with Crippen LogP contribution in [0.3, 0.4) is 0 Å². The molecule has 4 heterocycles. The fourth-order valence-corrected chi connectivity index (χ4v) is 4.00. The number of aromatic nitrogens is 2. The van der Waals surface area contributed by atoms with Crippen LogP contribution in [0.1, 0.15) is 39.0 Å². The first-order valence-corrected chi connectivity index (χ1v) is 9.00. The molecule has 1 aromatic heterocycles. The minimum atomic E-state index is -0.316. The fourth-order valence-electron chi connectivity index (χ4n) is 4.00. The van der Waals surface area contributed by atoms with Gasteiger partial charge >= 0.3 is 0 Å². The van der Waals surface area contributed by atoms with Crippen molar-refractivity contribution in [3.63, 3.8) is 0 Å². The van der Waals surface area contributed by atoms with Gasteiger partial charge in [-0.25, -0.2) is 9.37 Å². The third kappa shape index (κ3) is 2.99. The highest BCUT2D eigenvalue weighted by Gasteiger charge is 2.36. The first kappa shape index (κ1) is 15.8. The topological polar surface area (TPSA) is 41.5 Å². The smallest absolute Gasteiger partial charge is 0.227 e. The molecule has 2 saturated heterocycles. The zero-order chi connectivity index (χ0) is 16.6. The van der Waals surface area contributed by atoms with E-state index in [1.807, 2.05) is 4.90 Å². The average Bonchev–Trinajstić information content (AvgIpc) is 3.10. The predicted molar refractivity (Wildman–Crippen MR) is 91.9 cm³/mol. The van der Waals surface area contributed by atoms with E-state index in [0.717, 1.165) is 64.9 Å². The number of rotatable bonds is 2. The molecule has 130 valence electrons. The van der Waals surface area contributed by atoms with Crippen molar-refractivity contribution in [3.05, 3.63) is 23.7 Å². The van der Waals surface area contributed by atoms with Gasteiger partial charge < -0.3 is 14.5 Å². The molecule has 5 nitrogen and oxygen atoms in total. The van der Waals surface area contributed by atoms with Gasteiger partial charge in [0.1, 0.15) is 0 Å². The van der Waals surface area contributed by atoms with Crippen molar-refractivity contribution >= 4 is 11.8 Å². The van der Waals surface area contributed by atoms with Crippen LogP contribution in [0.4, 0.5) is 16.2 Å². The molecule has 24 heavy (non-hydrogen) atoms. The number of halogens is 1. The zero-order valence-electron chi connectivity index (χ0n) is 14.3. The number of anilines is 2. The van der Waals surface area contributed by atoms with Gasteiger partial charge in [-0.2, -0.15) is 4.98 Å². The van der Waals surface area contributed by atoms with E-state index in [-0.39, 0.29) is 11.4 Å². The summed E-state index contributed by atoms with van der Waals surface area (Å²) in [4.78, 5) is 13.0. The van der Waals surface area contributed by atoms with E-state index in [1.54, 1.807) is 0 Å². The lowest BCUT2D eigenvalue weighted by Crippen LogP contribution is -2.47. The molecule has 6 heteroatoms. The Hall–Kier alpha value is -1.69. The lowest BCUT2D eigenvalue weighted by Gasteiger charge is -2.42. The van der Waals surface area contributed by atoms with Crippen LogP contribution in [-0.4, -0.2) is 48.4 Å². The van der Waals surface area contributed by atoms with Crippen molar-refractivity contribution in [2.24, 2.45) is 0 Å². The molecule has 0 N–H and O–H groups in total. The Morgan fingerprint density at radius 1 is 1.12 bits per heavy atom. The number of hydrogen-bond acceptors (Lipinski definition) is 5. The van der Waals surface area contributed by atoms with Crippen molar-refractivity contribution in [2.75, 3.05) is 42.6 Å². The van der Waals surface area contributed by atoms with E-state index >= 15 is 0 Å². The highest BCUT2D eigenvalue weighted by Crippen LogP contribution is 2.34. The van der Waals surface area contributed by atoms with Crippen LogP contribution in [0.15, 0.2) is 17.8 Å². The van der Waals surface area contributed by atoms with Gasteiger partial charge in [0, 0.05) is 26.2 Å². The Morgan fingerprint density at radius 3 is 2.58 bits per heavy atom. The third-order valence-corrected chi connectivity index (χ3v) is 5.41. The summed E-state index contributed by atoms with van der Waals surface area (Å²) in [5, 5.41) is 0. The van der Waals surface area contributed by atoms with E-state index < -0.39 is 0 Å². The molecule has 4 rings (SSSR count). The van der Waals surface area contributed by atoms with Gasteiger partial charge in [-0.15, -0.1) is 0 Å². The summed E-state index contributed by atoms with van der Waals surface area (Å²) in [7, 11) is 0. The average molecular weight is 332 g/mol. The summed E-state index contributed by atoms with van der Waals surface area (Å²) in [6.07, 6.45) is 8.73. The third-order valence-electron chi connectivity index (χ3n) is 5.41. The van der Waals surface area contributed by atoms with Crippen LogP contribution in [0.5, 0.6) is 0 Å². The van der Waals surface area contributed by atoms with E-state index in [4.69, 9.17) is 4.74 Å². The van der Waals surface area contributed by atoms with Crippen molar-refractivity contribution in [3.8, 4) is 0 Å². The molecule has 1 aromatic rings. The van der Waals surface area contributed by atoms with Gasteiger partial charge in [0.25, 0.3) is 0 Å². The minimum absolute atomic E-state index is 0.114. The van der Waals surface area contributed by atoms with Crippen LogP contribution in [-0.2, 0) is 4.74 Å². The quantitative estimate of drug-likeness (QED) is 0.779. The Morgan fingerprint density at radius 2 is 1.88 bits per heavy atom. The molecule has 3 aliphatic heterocycles. The predicted octanol–water partition coefficient (Wildman–Crippen LogP) is 2.92. The molecule has 0 radical (unpaired) electrons. The maximum absolute atomic E-state index is 14.1. The van der Waals surface area contributed by atoms with Gasteiger partial charge in [-0.3, -0.25) is 0 Å². The van der Waals surface area contributed by atoms with E-state index in [2.05, 4.69) is 27.9 Å². The van der Waals surface area contributed by atoms with Crippen molar-refractivity contribution in [1.82, 2.24) is 9.97 Å². The molecule has 0 aliphatic carbocycles. The zero-order valence-corrected chi connectivity index (χ0v) is 14.3. The van der Waals surface area contributed by atoms with Gasteiger partial charge in [-0.05, 0) is 39.0 Å². The molecular weight excluding hydrogens is 307 g/mol. The van der Waals surface area contributed by atoms with Gasteiger partial charge in [0.15, 0.2) is 11.6 Å². The lowest BCUT2D eigenvalue weighted by atomic mass is 9.87. The van der Waals surface area contributed by atoms with E-state index in [1.165, 1.54) is 11.8 Å². The van der Waals surface area contributed by atoms with Crippen LogP contribution in [0, 0.1) is 5.82 Å². The van der Waals surface area contributed by atoms with Crippen molar-refractivity contribution < 1.29 is 9.13 Å². The second-order valence-corrected chi connectivity index (χ2v) is 7.18. The summed E-state index contributed by atoms with van der Waals surface area (Å²) in [5.74, 6) is 0.787. The second-order valence-electron chi connectivity index (χ2n) is 7.18. The highest BCUT2D eigenvalue weighted by atomic mass is 19.1. The molecule has 2 fully saturated rings. The summed E-state index contributed by atoms with van der Waals surface area (Å²) in [5.41, 5.74) is 1.31. The molecule has 0 unspecified atom stereocenters. The second kappa shape index (κ2) is 6.31. The van der Waals surface area contributed by atoms with Gasteiger partial charge in [-0.1, -0.05) is 11.6 Å². The Bertz CT molecular complexity index is 634. The van der Waals surface area contributed by atoms with E-state index in [9.17, 15) is 4.39 Å². The van der Waals surface area contributed by atoms with Crippen molar-refractivity contribution in [2.45, 2.75) is 44.6 Å². The van der Waals surface area contributed by atoms with E-state index in [0.29, 0.717) is 11.8 Å². The molecule has 3 aliphatic rings. The van der Waals surface area contributed by atoms with Gasteiger partial charge in [0.05, 0.1) is 18.4 Å². The largest absolute Gasteiger partial charge is 0.370 e. The first-order valence-electron chi connectivity index (χ1n) is 9.00. The first-order chi connectivity index (χ1) is 11.7. The SMILES string of the molecule is CC1=CC2(CCN(c3ncc(F)c(N4CCCC4)n3)CC2)OCC1. The summed E-state index contributed by atoms with van der Waals surface area (Å²) in [6.45, 7) is 6.45. The normalized spacial score (nSPS) is 23.7. The maximum Gasteiger partial charge on any atom is 0.227 e. The minimum Gasteiger partial charge on any atom is -0.370 e. The fraction of sp³-hybridized carbons (Fsp3) is 0.667. The van der Waals surface area contributed by atoms with Crippen LogP contribution >= 0.6 is 0 Å². The molecule has 1 spiro atoms. The lowest BCUT2D eigenvalue weighted by molar-refractivity contribution is -0.0327. The summed E-state index contributed by atoms with van der Waals surface area (Å²) < 4.78 is 20.2. The highest BCUT2D eigenvalue weighted by molar-refractivity contribution is 5.46. The van der Waals surface area contributed by atoms with Crippen LogP contribution in [0.2, 0.25) is 0 Å². The Balaban J connectivity index is 1.49. The van der Waals surface area contributed by atoms with Crippen LogP contribution < -0.4 is 9.80 Å². The van der Waals surface area contributed by atoms with Crippen LogP contribution in [0.25, 0.3) is 0 Å². The molecule has 0 atom stereocenters. The molecular formula is C18H25FN4O. The molecule has 0 bridgehead atoms.